The van der Waals surface area contributed by atoms with Crippen LogP contribution < -0.4 is 34.0 Å². The minimum absolute atomic E-state index is 0.0935. The highest BCUT2D eigenvalue weighted by molar-refractivity contribution is 7.07. The fraction of sp³-hybridized carbons (Fsp3) is 0.136. The predicted octanol–water partition coefficient (Wildman–Crippen LogP) is 6.40. The zero-order valence-corrected chi connectivity index (χ0v) is 31.6. The summed E-state index contributed by atoms with van der Waals surface area (Å²) in [6, 6.07) is 36.8. The second-order valence-electron chi connectivity index (χ2n) is 12.5. The molecule has 5 aromatic carbocycles. The third-order valence-electron chi connectivity index (χ3n) is 9.01. The summed E-state index contributed by atoms with van der Waals surface area (Å²) in [6.45, 7) is 1.54. The molecule has 11 nitrogen and oxygen atoms in total. The summed E-state index contributed by atoms with van der Waals surface area (Å²) < 4.78 is 24.4. The molecule has 1 amide bonds. The topological polar surface area (TPSA) is 129 Å². The van der Waals surface area contributed by atoms with Crippen LogP contribution in [-0.4, -0.2) is 49.0 Å². The lowest BCUT2D eigenvalue weighted by Gasteiger charge is -2.26. The van der Waals surface area contributed by atoms with Gasteiger partial charge in [0.05, 0.1) is 42.7 Å². The van der Waals surface area contributed by atoms with Crippen molar-refractivity contribution in [2.75, 3.05) is 32.3 Å². The number of rotatable bonds is 12. The largest absolute Gasteiger partial charge is 0.504 e. The summed E-state index contributed by atoms with van der Waals surface area (Å²) >= 11 is 1.16. The Hall–Kier alpha value is -6.92. The summed E-state index contributed by atoms with van der Waals surface area (Å²) in [4.78, 5) is 48.7. The second-order valence-corrected chi connectivity index (χ2v) is 13.5. The van der Waals surface area contributed by atoms with Crippen molar-refractivity contribution >= 4 is 46.4 Å². The normalized spacial score (nSPS) is 13.7. The van der Waals surface area contributed by atoms with E-state index in [2.05, 4.69) is 0 Å². The van der Waals surface area contributed by atoms with Crippen molar-refractivity contribution < 1.29 is 33.6 Å². The van der Waals surface area contributed by atoms with Gasteiger partial charge in [-0.2, -0.15) is 0 Å². The molecule has 56 heavy (non-hydrogen) atoms. The van der Waals surface area contributed by atoms with E-state index in [0.717, 1.165) is 11.3 Å². The lowest BCUT2D eigenvalue weighted by Crippen LogP contribution is -2.40. The Morgan fingerprint density at radius 1 is 0.821 bits per heavy atom. The molecule has 0 bridgehead atoms. The first-order valence-corrected chi connectivity index (χ1v) is 18.5. The van der Waals surface area contributed by atoms with Gasteiger partial charge < -0.3 is 24.1 Å². The molecular formula is C44H37N3O8S. The minimum atomic E-state index is -0.966. The molecule has 1 aromatic heterocycles. The van der Waals surface area contributed by atoms with Gasteiger partial charge >= 0.3 is 5.97 Å². The monoisotopic (exact) mass is 767 g/mol. The highest BCUT2D eigenvalue weighted by Crippen LogP contribution is 2.38. The van der Waals surface area contributed by atoms with Crippen LogP contribution in [0.4, 0.5) is 11.4 Å². The second kappa shape index (κ2) is 16.6. The number of aromatic hydroxyl groups is 1. The number of hydrogen-bond acceptors (Lipinski definition) is 10. The lowest BCUT2D eigenvalue weighted by atomic mass is 9.93. The van der Waals surface area contributed by atoms with Crippen LogP contribution in [0.1, 0.15) is 29.7 Å². The highest BCUT2D eigenvalue weighted by Gasteiger charge is 2.35. The minimum Gasteiger partial charge on any atom is -0.504 e. The van der Waals surface area contributed by atoms with Crippen molar-refractivity contribution in [3.63, 3.8) is 0 Å². The number of fused-ring (bicyclic) bond motifs is 1. The first kappa shape index (κ1) is 37.4. The number of hydrogen-bond donors (Lipinski definition) is 1. The number of phenolic OH excluding ortho intramolecular Hbond substituents is 1. The molecule has 0 saturated carbocycles. The number of phenols is 1. The van der Waals surface area contributed by atoms with Crippen LogP contribution in [0.25, 0.3) is 11.8 Å². The Bertz CT molecular complexity index is 2560. The zero-order chi connectivity index (χ0) is 39.2. The Morgan fingerprint density at radius 2 is 1.46 bits per heavy atom. The molecule has 1 atom stereocenters. The molecule has 1 aliphatic rings. The first-order chi connectivity index (χ1) is 27.3. The number of ether oxygens (including phenoxy) is 4. The number of aromatic nitrogens is 1. The van der Waals surface area contributed by atoms with E-state index in [4.69, 9.17) is 23.9 Å². The van der Waals surface area contributed by atoms with Crippen molar-refractivity contribution in [2.45, 2.75) is 13.0 Å². The van der Waals surface area contributed by atoms with Gasteiger partial charge in [-0.15, -0.1) is 0 Å². The van der Waals surface area contributed by atoms with E-state index in [1.807, 2.05) is 91.0 Å². The number of para-hydroxylation sites is 2. The zero-order valence-electron chi connectivity index (χ0n) is 30.7. The molecule has 12 heteroatoms. The fourth-order valence-electron chi connectivity index (χ4n) is 6.46. The molecule has 6 aromatic rings. The van der Waals surface area contributed by atoms with E-state index >= 15 is 0 Å². The molecule has 1 aliphatic heterocycles. The van der Waals surface area contributed by atoms with Gasteiger partial charge in [-0.25, -0.2) is 9.79 Å². The summed E-state index contributed by atoms with van der Waals surface area (Å²) in [5, 5.41) is 10.4. The number of esters is 1. The number of carbonyl (C=O) groups is 2. The van der Waals surface area contributed by atoms with Gasteiger partial charge in [-0.05, 0) is 72.7 Å². The average molecular weight is 768 g/mol. The van der Waals surface area contributed by atoms with Crippen molar-refractivity contribution in [3.05, 3.63) is 169 Å². The summed E-state index contributed by atoms with van der Waals surface area (Å²) in [7, 11) is 2.92. The maximum atomic E-state index is 14.4. The molecule has 0 radical (unpaired) electrons. The Kier molecular flexibility index (Phi) is 11.1. The van der Waals surface area contributed by atoms with Gasteiger partial charge in [-0.3, -0.25) is 19.1 Å². The molecule has 7 rings (SSSR count). The van der Waals surface area contributed by atoms with Crippen molar-refractivity contribution in [3.8, 4) is 23.0 Å². The number of methoxy groups -OCH3 is 2. The number of nitrogens with zero attached hydrogens (tertiary/aromatic N) is 3. The molecule has 0 aliphatic carbocycles. The van der Waals surface area contributed by atoms with E-state index in [0.29, 0.717) is 54.6 Å². The van der Waals surface area contributed by atoms with Crippen LogP contribution in [0.2, 0.25) is 0 Å². The van der Waals surface area contributed by atoms with E-state index in [9.17, 15) is 19.5 Å². The van der Waals surface area contributed by atoms with Gasteiger partial charge in [-0.1, -0.05) is 90.2 Å². The summed E-state index contributed by atoms with van der Waals surface area (Å²) in [5.41, 5.74) is 3.34. The summed E-state index contributed by atoms with van der Waals surface area (Å²) in [5.74, 6) is -0.133. The molecule has 0 spiro atoms. The predicted molar refractivity (Wildman–Crippen MR) is 214 cm³/mol. The lowest BCUT2D eigenvalue weighted by molar-refractivity contribution is -0.138. The van der Waals surface area contributed by atoms with Gasteiger partial charge in [0.15, 0.2) is 34.4 Å². The van der Waals surface area contributed by atoms with E-state index in [1.165, 1.54) is 24.9 Å². The van der Waals surface area contributed by atoms with Crippen LogP contribution in [-0.2, 0) is 14.3 Å². The van der Waals surface area contributed by atoms with Gasteiger partial charge in [0.1, 0.15) is 0 Å². The highest BCUT2D eigenvalue weighted by atomic mass is 32.1. The maximum absolute atomic E-state index is 14.4. The van der Waals surface area contributed by atoms with Gasteiger partial charge in [0.2, 0.25) is 0 Å². The molecule has 0 fully saturated rings. The Morgan fingerprint density at radius 3 is 2.09 bits per heavy atom. The van der Waals surface area contributed by atoms with Crippen molar-refractivity contribution in [1.82, 2.24) is 4.57 Å². The van der Waals surface area contributed by atoms with Crippen LogP contribution >= 0.6 is 11.3 Å². The van der Waals surface area contributed by atoms with Gasteiger partial charge in [0, 0.05) is 16.9 Å². The molecule has 0 saturated heterocycles. The summed E-state index contributed by atoms with van der Waals surface area (Å²) in [6.07, 6.45) is 1.71. The van der Waals surface area contributed by atoms with Crippen LogP contribution in [0, 0.1) is 0 Å². The number of benzene rings is 5. The average Bonchev–Trinajstić information content (AvgIpc) is 3.54. The number of carbonyl (C=O) groups excluding carboxylic acids is 2. The molecular weight excluding hydrogens is 731 g/mol. The third kappa shape index (κ3) is 7.55. The SMILES string of the molecule is CCOC(=O)C1=C(c2ccccc2)N=c2s/c(=C/c3ccc(OCC(=O)N(c4ccccc4)c4ccccc4)c(OC)c3)c(=O)n2[C@@H]1c1ccc(O)c(OC)c1. The Balaban J connectivity index is 1.27. The van der Waals surface area contributed by atoms with Gasteiger partial charge in [0.25, 0.3) is 11.5 Å². The first-order valence-electron chi connectivity index (χ1n) is 17.7. The van der Waals surface area contributed by atoms with E-state index in [1.54, 1.807) is 48.2 Å². The fourth-order valence-corrected chi connectivity index (χ4v) is 7.46. The van der Waals surface area contributed by atoms with Crippen LogP contribution in [0.15, 0.2) is 143 Å². The quantitative estimate of drug-likeness (QED) is 0.142. The van der Waals surface area contributed by atoms with Crippen molar-refractivity contribution in [1.29, 1.82) is 0 Å². The van der Waals surface area contributed by atoms with Crippen LogP contribution in [0.3, 0.4) is 0 Å². The number of amides is 1. The number of anilines is 2. The van der Waals surface area contributed by atoms with Crippen molar-refractivity contribution in [2.24, 2.45) is 4.99 Å². The number of thiazole rings is 1. The maximum Gasteiger partial charge on any atom is 0.338 e. The van der Waals surface area contributed by atoms with E-state index in [-0.39, 0.29) is 36.2 Å². The molecule has 1 N–H and O–H groups in total. The standard InChI is InChI=1S/C44H37N3O8S/c1-4-54-43(51)39-40(29-14-8-5-9-15-29)45-44-47(41(39)30-21-22-33(48)35(26-30)52-2)42(50)37(56-44)25-28-20-23-34(36(24-28)53-3)55-27-38(49)46(31-16-10-6-11-17-31)32-18-12-7-13-19-32/h5-26,41,48H,4,27H2,1-3H3/b37-25+/t41-/m1/s1. The smallest absolute Gasteiger partial charge is 0.338 e. The molecule has 282 valence electrons. The Labute approximate surface area is 326 Å². The molecule has 2 heterocycles. The van der Waals surface area contributed by atoms with E-state index < -0.39 is 17.6 Å². The van der Waals surface area contributed by atoms with Crippen LogP contribution in [0.5, 0.6) is 23.0 Å². The molecule has 0 unspecified atom stereocenters. The third-order valence-corrected chi connectivity index (χ3v) is 9.99.